The molecule has 2 aromatic rings. The number of hydrogen-bond donors (Lipinski definition) is 1. The summed E-state index contributed by atoms with van der Waals surface area (Å²) in [6.07, 6.45) is 3.58. The Morgan fingerprint density at radius 2 is 2.17 bits per heavy atom. The van der Waals surface area contributed by atoms with E-state index in [-0.39, 0.29) is 5.91 Å². The van der Waals surface area contributed by atoms with Gasteiger partial charge in [0.25, 0.3) is 0 Å². The van der Waals surface area contributed by atoms with Crippen LogP contribution >= 0.6 is 0 Å². The van der Waals surface area contributed by atoms with Crippen LogP contribution in [0.4, 0.5) is 5.69 Å². The first-order chi connectivity index (χ1) is 8.66. The van der Waals surface area contributed by atoms with Gasteiger partial charge in [0.2, 0.25) is 5.91 Å². The van der Waals surface area contributed by atoms with E-state index in [1.165, 1.54) is 6.33 Å². The molecule has 0 aliphatic rings. The number of nitrogens with one attached hydrogen (secondary N) is 1. The van der Waals surface area contributed by atoms with Crippen molar-refractivity contribution in [2.45, 2.75) is 20.3 Å². The lowest BCUT2D eigenvalue weighted by Crippen LogP contribution is -2.15. The number of carbonyl (C=O) groups excluding carboxylic acids is 1. The minimum atomic E-state index is 0.0116. The fraction of sp³-hybridized carbons (Fsp3) is 0.308. The molecule has 0 saturated heterocycles. The van der Waals surface area contributed by atoms with Gasteiger partial charge in [0.1, 0.15) is 12.7 Å². The van der Waals surface area contributed by atoms with E-state index in [2.05, 4.69) is 15.4 Å². The Balaban J connectivity index is 2.21. The first-order valence-corrected chi connectivity index (χ1v) is 5.90. The molecule has 0 bridgehead atoms. The largest absolute Gasteiger partial charge is 0.324 e. The summed E-state index contributed by atoms with van der Waals surface area (Å²) >= 11 is 0. The average molecular weight is 244 g/mol. The van der Waals surface area contributed by atoms with Crippen molar-refractivity contribution in [2.75, 3.05) is 5.32 Å². The summed E-state index contributed by atoms with van der Waals surface area (Å²) in [5.74, 6) is 0.348. The number of carbonyl (C=O) groups is 1. The molecule has 2 rings (SSSR count). The van der Waals surface area contributed by atoms with Crippen LogP contribution in [0.2, 0.25) is 0 Å². The van der Waals surface area contributed by atoms with Crippen LogP contribution in [-0.4, -0.2) is 20.7 Å². The Hall–Kier alpha value is -2.17. The van der Waals surface area contributed by atoms with Gasteiger partial charge in [-0.2, -0.15) is 5.10 Å². The van der Waals surface area contributed by atoms with Gasteiger partial charge in [-0.05, 0) is 18.1 Å². The van der Waals surface area contributed by atoms with Gasteiger partial charge >= 0.3 is 0 Å². The van der Waals surface area contributed by atoms with Crippen LogP contribution in [0.5, 0.6) is 0 Å². The third-order valence-corrected chi connectivity index (χ3v) is 2.44. The van der Waals surface area contributed by atoms with Crippen LogP contribution in [0.3, 0.4) is 0 Å². The summed E-state index contributed by atoms with van der Waals surface area (Å²) < 4.78 is 1.63. The van der Waals surface area contributed by atoms with Crippen molar-refractivity contribution in [3.05, 3.63) is 36.9 Å². The monoisotopic (exact) mass is 244 g/mol. The lowest BCUT2D eigenvalue weighted by molar-refractivity contribution is -0.116. The fourth-order valence-corrected chi connectivity index (χ4v) is 1.68. The zero-order valence-corrected chi connectivity index (χ0v) is 10.5. The van der Waals surface area contributed by atoms with Gasteiger partial charge < -0.3 is 5.32 Å². The third kappa shape index (κ3) is 2.94. The molecule has 0 saturated carbocycles. The average Bonchev–Trinajstić information content (AvgIpc) is 2.81. The van der Waals surface area contributed by atoms with Gasteiger partial charge in [-0.3, -0.25) is 4.79 Å². The zero-order chi connectivity index (χ0) is 13.0. The van der Waals surface area contributed by atoms with E-state index < -0.39 is 0 Å². The van der Waals surface area contributed by atoms with Crippen molar-refractivity contribution in [3.8, 4) is 5.69 Å². The van der Waals surface area contributed by atoms with Crippen LogP contribution in [0.15, 0.2) is 36.9 Å². The summed E-state index contributed by atoms with van der Waals surface area (Å²) in [4.78, 5) is 15.7. The van der Waals surface area contributed by atoms with E-state index >= 15 is 0 Å². The maximum absolute atomic E-state index is 11.8. The van der Waals surface area contributed by atoms with E-state index in [4.69, 9.17) is 0 Å². The number of benzene rings is 1. The third-order valence-electron chi connectivity index (χ3n) is 2.44. The number of nitrogens with zero attached hydrogens (tertiary/aromatic N) is 3. The first-order valence-electron chi connectivity index (χ1n) is 5.90. The first kappa shape index (κ1) is 12.3. The van der Waals surface area contributed by atoms with E-state index in [0.717, 1.165) is 11.4 Å². The van der Waals surface area contributed by atoms with Crippen LogP contribution in [0, 0.1) is 5.92 Å². The highest BCUT2D eigenvalue weighted by Gasteiger charge is 2.09. The van der Waals surface area contributed by atoms with Crippen LogP contribution < -0.4 is 5.32 Å². The van der Waals surface area contributed by atoms with Crippen molar-refractivity contribution >= 4 is 11.6 Å². The Bertz CT molecular complexity index is 520. The second kappa shape index (κ2) is 5.44. The molecule has 1 heterocycles. The molecule has 1 amide bonds. The molecule has 0 aliphatic carbocycles. The SMILES string of the molecule is CC(C)CC(=O)Nc1ccccc1-n1cncn1. The van der Waals surface area contributed by atoms with Gasteiger partial charge in [0.05, 0.1) is 11.4 Å². The predicted octanol–water partition coefficient (Wildman–Crippen LogP) is 2.25. The molecule has 0 fully saturated rings. The molecular formula is C13H16N4O. The Morgan fingerprint density at radius 1 is 1.39 bits per heavy atom. The van der Waals surface area contributed by atoms with Crippen molar-refractivity contribution in [1.29, 1.82) is 0 Å². The number of para-hydroxylation sites is 2. The van der Waals surface area contributed by atoms with Gasteiger partial charge in [-0.1, -0.05) is 26.0 Å². The Morgan fingerprint density at radius 3 is 2.83 bits per heavy atom. The maximum Gasteiger partial charge on any atom is 0.224 e. The lowest BCUT2D eigenvalue weighted by atomic mass is 10.1. The highest BCUT2D eigenvalue weighted by Crippen LogP contribution is 2.19. The van der Waals surface area contributed by atoms with Crippen molar-refractivity contribution in [2.24, 2.45) is 5.92 Å². The van der Waals surface area contributed by atoms with Crippen LogP contribution in [0.1, 0.15) is 20.3 Å². The Kier molecular flexibility index (Phi) is 3.72. The minimum Gasteiger partial charge on any atom is -0.324 e. The predicted molar refractivity (Wildman–Crippen MR) is 69.4 cm³/mol. The molecule has 0 atom stereocenters. The molecule has 0 aliphatic heterocycles. The molecule has 94 valence electrons. The summed E-state index contributed by atoms with van der Waals surface area (Å²) in [7, 11) is 0. The minimum absolute atomic E-state index is 0.0116. The van der Waals surface area contributed by atoms with E-state index in [9.17, 15) is 4.79 Å². The van der Waals surface area contributed by atoms with E-state index in [1.807, 2.05) is 38.1 Å². The lowest BCUT2D eigenvalue weighted by Gasteiger charge is -2.11. The second-order valence-corrected chi connectivity index (χ2v) is 4.50. The molecule has 1 aromatic carbocycles. The number of hydrogen-bond acceptors (Lipinski definition) is 3. The number of aromatic nitrogens is 3. The second-order valence-electron chi connectivity index (χ2n) is 4.50. The summed E-state index contributed by atoms with van der Waals surface area (Å²) in [6.45, 7) is 4.03. The van der Waals surface area contributed by atoms with Crippen molar-refractivity contribution in [3.63, 3.8) is 0 Å². The molecule has 18 heavy (non-hydrogen) atoms. The summed E-state index contributed by atoms with van der Waals surface area (Å²) in [6, 6.07) is 7.52. The quantitative estimate of drug-likeness (QED) is 0.897. The normalized spacial score (nSPS) is 10.6. The highest BCUT2D eigenvalue weighted by atomic mass is 16.1. The molecule has 1 aromatic heterocycles. The molecular weight excluding hydrogens is 228 g/mol. The standard InChI is InChI=1S/C13H16N4O/c1-10(2)7-13(18)16-11-5-3-4-6-12(11)17-9-14-8-15-17/h3-6,8-10H,7H2,1-2H3,(H,16,18). The van der Waals surface area contributed by atoms with Gasteiger partial charge in [-0.25, -0.2) is 9.67 Å². The molecule has 0 radical (unpaired) electrons. The van der Waals surface area contributed by atoms with E-state index in [0.29, 0.717) is 12.3 Å². The van der Waals surface area contributed by atoms with E-state index in [1.54, 1.807) is 11.0 Å². The number of anilines is 1. The topological polar surface area (TPSA) is 59.8 Å². The maximum atomic E-state index is 11.8. The van der Waals surface area contributed by atoms with Gasteiger partial charge in [-0.15, -0.1) is 0 Å². The smallest absolute Gasteiger partial charge is 0.224 e. The fourth-order valence-electron chi connectivity index (χ4n) is 1.68. The van der Waals surface area contributed by atoms with Gasteiger partial charge in [0, 0.05) is 6.42 Å². The molecule has 5 nitrogen and oxygen atoms in total. The van der Waals surface area contributed by atoms with Gasteiger partial charge in [0.15, 0.2) is 0 Å². The Labute approximate surface area is 106 Å². The molecule has 0 unspecified atom stereocenters. The zero-order valence-electron chi connectivity index (χ0n) is 10.5. The summed E-state index contributed by atoms with van der Waals surface area (Å²) in [5, 5.41) is 6.97. The molecule has 5 heteroatoms. The van der Waals surface area contributed by atoms with Crippen molar-refractivity contribution < 1.29 is 4.79 Å². The number of amides is 1. The van der Waals surface area contributed by atoms with Crippen LogP contribution in [-0.2, 0) is 4.79 Å². The van der Waals surface area contributed by atoms with Crippen molar-refractivity contribution in [1.82, 2.24) is 14.8 Å². The van der Waals surface area contributed by atoms with Crippen LogP contribution in [0.25, 0.3) is 5.69 Å². The highest BCUT2D eigenvalue weighted by molar-refractivity contribution is 5.92. The summed E-state index contributed by atoms with van der Waals surface area (Å²) in [5.41, 5.74) is 1.56. The molecule has 1 N–H and O–H groups in total. The number of rotatable bonds is 4. The molecule has 0 spiro atoms.